The van der Waals surface area contributed by atoms with Crippen molar-refractivity contribution in [3.63, 3.8) is 0 Å². The summed E-state index contributed by atoms with van der Waals surface area (Å²) in [5.74, 6) is -0.940. The maximum atomic E-state index is 11.5. The number of aromatic hydroxyl groups is 1. The lowest BCUT2D eigenvalue weighted by molar-refractivity contribution is 0.0687. The monoisotopic (exact) mass is 311 g/mol. The van der Waals surface area contributed by atoms with Gasteiger partial charge < -0.3 is 10.2 Å². The van der Waals surface area contributed by atoms with Crippen LogP contribution in [0.5, 0.6) is 5.75 Å². The fourth-order valence-electron chi connectivity index (χ4n) is 2.73. The Hall–Kier alpha value is -2.89. The van der Waals surface area contributed by atoms with Crippen molar-refractivity contribution in [2.75, 3.05) is 0 Å². The van der Waals surface area contributed by atoms with Gasteiger partial charge in [-0.1, -0.05) is 50.3 Å². The van der Waals surface area contributed by atoms with E-state index in [0.29, 0.717) is 16.8 Å². The normalized spacial score (nSPS) is 11.8. The molecule has 0 aliphatic heterocycles. The third kappa shape index (κ3) is 2.42. The van der Waals surface area contributed by atoms with Gasteiger partial charge in [-0.3, -0.25) is 0 Å². The van der Waals surface area contributed by atoms with Crippen LogP contribution in [0.1, 0.15) is 37.0 Å². The Bertz CT molecular complexity index is 907. The second-order valence-corrected chi connectivity index (χ2v) is 6.40. The van der Waals surface area contributed by atoms with Crippen LogP contribution in [0.2, 0.25) is 0 Å². The first-order valence-corrected chi connectivity index (χ1v) is 7.21. The molecule has 0 aliphatic carbocycles. The lowest BCUT2D eigenvalue weighted by atomic mass is 9.90. The molecule has 0 aliphatic rings. The largest absolute Gasteiger partial charge is 0.507 e. The second kappa shape index (κ2) is 5.08. The average Bonchev–Trinajstić information content (AvgIpc) is 2.92. The summed E-state index contributed by atoms with van der Waals surface area (Å²) in [6, 6.07) is 10.6. The number of aromatic nitrogens is 3. The first-order valence-electron chi connectivity index (χ1n) is 7.21. The Morgan fingerprint density at radius 3 is 2.39 bits per heavy atom. The van der Waals surface area contributed by atoms with Gasteiger partial charge in [0.2, 0.25) is 0 Å². The minimum Gasteiger partial charge on any atom is -0.507 e. The SMILES string of the molecule is CC(C)(C)c1c(C(=O)O)nnn1-c1cccc2c(O)cccc12. The number of phenols is 1. The highest BCUT2D eigenvalue weighted by Crippen LogP contribution is 2.32. The number of aromatic carboxylic acids is 1. The number of phenolic OH excluding ortho intramolecular Hbond substituents is 1. The van der Waals surface area contributed by atoms with E-state index in [1.807, 2.05) is 32.9 Å². The topological polar surface area (TPSA) is 88.2 Å². The van der Waals surface area contributed by atoms with Gasteiger partial charge in [0.25, 0.3) is 0 Å². The summed E-state index contributed by atoms with van der Waals surface area (Å²) in [5, 5.41) is 28.8. The van der Waals surface area contributed by atoms with E-state index in [1.54, 1.807) is 28.9 Å². The third-order valence-electron chi connectivity index (χ3n) is 3.69. The fraction of sp³-hybridized carbons (Fsp3) is 0.235. The van der Waals surface area contributed by atoms with E-state index < -0.39 is 11.4 Å². The highest BCUT2D eigenvalue weighted by molar-refractivity contribution is 5.95. The van der Waals surface area contributed by atoms with E-state index in [9.17, 15) is 15.0 Å². The van der Waals surface area contributed by atoms with Gasteiger partial charge in [0.05, 0.1) is 11.4 Å². The molecular formula is C17H17N3O3. The van der Waals surface area contributed by atoms with Crippen molar-refractivity contribution in [3.8, 4) is 11.4 Å². The molecule has 0 saturated heterocycles. The van der Waals surface area contributed by atoms with Gasteiger partial charge in [-0.25, -0.2) is 9.48 Å². The zero-order chi connectivity index (χ0) is 16.8. The van der Waals surface area contributed by atoms with Gasteiger partial charge in [0.15, 0.2) is 5.69 Å². The van der Waals surface area contributed by atoms with Crippen LogP contribution < -0.4 is 0 Å². The molecule has 0 fully saturated rings. The molecule has 6 heteroatoms. The van der Waals surface area contributed by atoms with Gasteiger partial charge in [0.1, 0.15) is 5.75 Å². The van der Waals surface area contributed by atoms with Crippen LogP contribution in [0, 0.1) is 0 Å². The Kier molecular flexibility index (Phi) is 3.32. The molecule has 2 aromatic carbocycles. The number of nitrogens with zero attached hydrogens (tertiary/aromatic N) is 3. The van der Waals surface area contributed by atoms with Crippen molar-refractivity contribution in [2.24, 2.45) is 0 Å². The Labute approximate surface area is 133 Å². The number of carbonyl (C=O) groups is 1. The third-order valence-corrected chi connectivity index (χ3v) is 3.69. The number of benzene rings is 2. The molecule has 3 rings (SSSR count). The van der Waals surface area contributed by atoms with E-state index in [1.165, 1.54) is 0 Å². The molecule has 118 valence electrons. The zero-order valence-corrected chi connectivity index (χ0v) is 13.1. The molecule has 0 spiro atoms. The number of carboxylic acid groups (broad SMARTS) is 1. The van der Waals surface area contributed by atoms with E-state index in [-0.39, 0.29) is 11.4 Å². The van der Waals surface area contributed by atoms with Crippen LogP contribution in [-0.2, 0) is 5.41 Å². The maximum absolute atomic E-state index is 11.5. The maximum Gasteiger partial charge on any atom is 0.358 e. The van der Waals surface area contributed by atoms with Crippen molar-refractivity contribution in [2.45, 2.75) is 26.2 Å². The summed E-state index contributed by atoms with van der Waals surface area (Å²) in [6.45, 7) is 5.74. The lowest BCUT2D eigenvalue weighted by Gasteiger charge is -2.21. The molecule has 0 radical (unpaired) electrons. The minimum atomic E-state index is -1.11. The standard InChI is InChI=1S/C17H17N3O3/c1-17(2,3)15-14(16(22)23)18-19-20(15)12-8-4-7-11-10(12)6-5-9-13(11)21/h4-9,21H,1-3H3,(H,22,23). The number of carboxylic acids is 1. The molecule has 6 nitrogen and oxygen atoms in total. The van der Waals surface area contributed by atoms with Gasteiger partial charge in [0, 0.05) is 16.2 Å². The van der Waals surface area contributed by atoms with Crippen LogP contribution in [0.25, 0.3) is 16.5 Å². The minimum absolute atomic E-state index is 0.0605. The first-order chi connectivity index (χ1) is 10.8. The molecule has 2 N–H and O–H groups in total. The van der Waals surface area contributed by atoms with Gasteiger partial charge >= 0.3 is 5.97 Å². The molecule has 0 atom stereocenters. The number of hydrogen-bond donors (Lipinski definition) is 2. The van der Waals surface area contributed by atoms with Gasteiger partial charge in [-0.2, -0.15) is 0 Å². The quantitative estimate of drug-likeness (QED) is 0.759. The van der Waals surface area contributed by atoms with Crippen molar-refractivity contribution >= 4 is 16.7 Å². The van der Waals surface area contributed by atoms with Crippen LogP contribution >= 0.6 is 0 Å². The number of hydrogen-bond acceptors (Lipinski definition) is 4. The van der Waals surface area contributed by atoms with E-state index in [4.69, 9.17) is 0 Å². The van der Waals surface area contributed by atoms with E-state index in [0.717, 1.165) is 5.39 Å². The number of rotatable bonds is 2. The Morgan fingerprint density at radius 1 is 1.09 bits per heavy atom. The summed E-state index contributed by atoms with van der Waals surface area (Å²) in [6.07, 6.45) is 0. The smallest absolute Gasteiger partial charge is 0.358 e. The van der Waals surface area contributed by atoms with Gasteiger partial charge in [-0.05, 0) is 12.1 Å². The van der Waals surface area contributed by atoms with E-state index in [2.05, 4.69) is 10.3 Å². The molecular weight excluding hydrogens is 294 g/mol. The second-order valence-electron chi connectivity index (χ2n) is 6.40. The van der Waals surface area contributed by atoms with Crippen molar-refractivity contribution in [1.82, 2.24) is 15.0 Å². The van der Waals surface area contributed by atoms with Crippen LogP contribution in [0.15, 0.2) is 36.4 Å². The molecule has 0 bridgehead atoms. The average molecular weight is 311 g/mol. The van der Waals surface area contributed by atoms with Crippen LogP contribution in [0.4, 0.5) is 0 Å². The molecule has 23 heavy (non-hydrogen) atoms. The summed E-state index contributed by atoms with van der Waals surface area (Å²) in [7, 11) is 0. The lowest BCUT2D eigenvalue weighted by Crippen LogP contribution is -2.21. The van der Waals surface area contributed by atoms with Gasteiger partial charge in [-0.15, -0.1) is 5.10 Å². The highest BCUT2D eigenvalue weighted by Gasteiger charge is 2.30. The molecule has 1 aromatic heterocycles. The number of fused-ring (bicyclic) bond motifs is 1. The predicted molar refractivity (Wildman–Crippen MR) is 86.2 cm³/mol. The molecule has 0 saturated carbocycles. The highest BCUT2D eigenvalue weighted by atomic mass is 16.4. The molecule has 1 heterocycles. The summed E-state index contributed by atoms with van der Waals surface area (Å²) >= 11 is 0. The predicted octanol–water partition coefficient (Wildman–Crippen LogP) is 3.12. The summed E-state index contributed by atoms with van der Waals surface area (Å²) < 4.78 is 1.55. The molecule has 3 aromatic rings. The first kappa shape index (κ1) is 15.0. The van der Waals surface area contributed by atoms with E-state index >= 15 is 0 Å². The van der Waals surface area contributed by atoms with Crippen LogP contribution in [-0.4, -0.2) is 31.2 Å². The van der Waals surface area contributed by atoms with Crippen molar-refractivity contribution in [1.29, 1.82) is 0 Å². The fourth-order valence-corrected chi connectivity index (χ4v) is 2.73. The molecule has 0 amide bonds. The van der Waals surface area contributed by atoms with Crippen molar-refractivity contribution < 1.29 is 15.0 Å². The zero-order valence-electron chi connectivity index (χ0n) is 13.1. The van der Waals surface area contributed by atoms with Crippen LogP contribution in [0.3, 0.4) is 0 Å². The Morgan fingerprint density at radius 2 is 1.74 bits per heavy atom. The summed E-state index contributed by atoms with van der Waals surface area (Å²) in [5.41, 5.74) is 0.676. The molecule has 0 unspecified atom stereocenters. The summed E-state index contributed by atoms with van der Waals surface area (Å²) in [4.78, 5) is 11.5. The Balaban J connectivity index is 2.37. The van der Waals surface area contributed by atoms with Crippen molar-refractivity contribution in [3.05, 3.63) is 47.8 Å².